The van der Waals surface area contributed by atoms with Crippen LogP contribution in [0.4, 0.5) is 0 Å². The molecule has 0 fully saturated rings. The Hall–Kier alpha value is -1.88. The van der Waals surface area contributed by atoms with Crippen LogP contribution in [0, 0.1) is 0 Å². The molecule has 1 aromatic carbocycles. The van der Waals surface area contributed by atoms with Crippen LogP contribution in [0.1, 0.15) is 37.5 Å². The summed E-state index contributed by atoms with van der Waals surface area (Å²) in [6, 6.07) is 7.99. The minimum atomic E-state index is 0.0982. The van der Waals surface area contributed by atoms with E-state index in [4.69, 9.17) is 15.0 Å². The highest BCUT2D eigenvalue weighted by Gasteiger charge is 2.09. The van der Waals surface area contributed by atoms with Crippen LogP contribution in [0.15, 0.2) is 28.8 Å². The van der Waals surface area contributed by atoms with E-state index in [1.165, 1.54) is 0 Å². The van der Waals surface area contributed by atoms with Crippen molar-refractivity contribution in [1.82, 2.24) is 10.1 Å². The Labute approximate surface area is 119 Å². The minimum absolute atomic E-state index is 0.0982. The zero-order chi connectivity index (χ0) is 14.4. The van der Waals surface area contributed by atoms with Crippen molar-refractivity contribution in [3.63, 3.8) is 0 Å². The van der Waals surface area contributed by atoms with E-state index >= 15 is 0 Å². The highest BCUT2D eigenvalue weighted by Crippen LogP contribution is 2.20. The van der Waals surface area contributed by atoms with Crippen molar-refractivity contribution in [3.05, 3.63) is 41.5 Å². The summed E-state index contributed by atoms with van der Waals surface area (Å²) >= 11 is 0. The van der Waals surface area contributed by atoms with E-state index in [-0.39, 0.29) is 6.04 Å². The Morgan fingerprint density at radius 2 is 2.15 bits per heavy atom. The van der Waals surface area contributed by atoms with Crippen LogP contribution in [0.2, 0.25) is 0 Å². The SMILES string of the molecule is CCCc1nc(COc2ccccc2CC(C)N)no1. The molecule has 1 unspecified atom stereocenters. The van der Waals surface area contributed by atoms with Crippen molar-refractivity contribution < 1.29 is 9.26 Å². The molecule has 2 aromatic rings. The number of nitrogens with zero attached hydrogens (tertiary/aromatic N) is 2. The molecule has 1 atom stereocenters. The normalized spacial score (nSPS) is 12.3. The summed E-state index contributed by atoms with van der Waals surface area (Å²) in [6.07, 6.45) is 2.57. The summed E-state index contributed by atoms with van der Waals surface area (Å²) < 4.78 is 10.9. The number of benzene rings is 1. The second-order valence-corrected chi connectivity index (χ2v) is 4.93. The molecule has 0 aliphatic rings. The van der Waals surface area contributed by atoms with Crippen molar-refractivity contribution >= 4 is 0 Å². The number of nitrogens with two attached hydrogens (primary N) is 1. The van der Waals surface area contributed by atoms with Gasteiger partial charge in [0.25, 0.3) is 0 Å². The van der Waals surface area contributed by atoms with Gasteiger partial charge in [0.1, 0.15) is 5.75 Å². The van der Waals surface area contributed by atoms with Crippen LogP contribution < -0.4 is 10.5 Å². The van der Waals surface area contributed by atoms with Gasteiger partial charge in [-0.1, -0.05) is 30.3 Å². The van der Waals surface area contributed by atoms with Gasteiger partial charge in [0.15, 0.2) is 6.61 Å². The highest BCUT2D eigenvalue weighted by molar-refractivity contribution is 5.33. The van der Waals surface area contributed by atoms with E-state index in [0.29, 0.717) is 18.3 Å². The Bertz CT molecular complexity index is 537. The van der Waals surface area contributed by atoms with E-state index in [1.54, 1.807) is 0 Å². The first kappa shape index (κ1) is 14.5. The van der Waals surface area contributed by atoms with Gasteiger partial charge in [0, 0.05) is 12.5 Å². The summed E-state index contributed by atoms with van der Waals surface area (Å²) in [5.74, 6) is 2.06. The van der Waals surface area contributed by atoms with Crippen molar-refractivity contribution in [3.8, 4) is 5.75 Å². The van der Waals surface area contributed by atoms with Crippen LogP contribution in [0.25, 0.3) is 0 Å². The summed E-state index contributed by atoms with van der Waals surface area (Å²) in [7, 11) is 0. The van der Waals surface area contributed by atoms with E-state index in [9.17, 15) is 0 Å². The van der Waals surface area contributed by atoms with Crippen molar-refractivity contribution in [2.75, 3.05) is 0 Å². The predicted octanol–water partition coefficient (Wildman–Crippen LogP) is 2.49. The van der Waals surface area contributed by atoms with Crippen LogP contribution in [-0.2, 0) is 19.4 Å². The first-order chi connectivity index (χ1) is 9.69. The topological polar surface area (TPSA) is 74.2 Å². The Morgan fingerprint density at radius 3 is 2.90 bits per heavy atom. The monoisotopic (exact) mass is 275 g/mol. The molecule has 20 heavy (non-hydrogen) atoms. The molecule has 0 aliphatic heterocycles. The molecule has 0 bridgehead atoms. The quantitative estimate of drug-likeness (QED) is 0.840. The molecular weight excluding hydrogens is 254 g/mol. The number of aromatic nitrogens is 2. The zero-order valence-electron chi connectivity index (χ0n) is 12.0. The van der Waals surface area contributed by atoms with Gasteiger partial charge in [-0.05, 0) is 31.4 Å². The van der Waals surface area contributed by atoms with E-state index in [0.717, 1.165) is 30.6 Å². The second-order valence-electron chi connectivity index (χ2n) is 4.93. The van der Waals surface area contributed by atoms with Crippen molar-refractivity contribution in [1.29, 1.82) is 0 Å². The third-order valence-corrected chi connectivity index (χ3v) is 2.85. The summed E-state index contributed by atoms with van der Waals surface area (Å²) in [6.45, 7) is 4.36. The lowest BCUT2D eigenvalue weighted by Gasteiger charge is -2.11. The lowest BCUT2D eigenvalue weighted by atomic mass is 10.1. The maximum atomic E-state index is 5.84. The molecule has 5 heteroatoms. The number of hydrogen-bond acceptors (Lipinski definition) is 5. The molecule has 0 aliphatic carbocycles. The lowest BCUT2D eigenvalue weighted by molar-refractivity contribution is 0.282. The summed E-state index contributed by atoms with van der Waals surface area (Å²) in [5.41, 5.74) is 6.94. The first-order valence-corrected chi connectivity index (χ1v) is 6.96. The Balaban J connectivity index is 1.99. The molecule has 0 spiro atoms. The van der Waals surface area contributed by atoms with E-state index in [2.05, 4.69) is 17.1 Å². The summed E-state index contributed by atoms with van der Waals surface area (Å²) in [5, 5.41) is 3.90. The highest BCUT2D eigenvalue weighted by atomic mass is 16.5. The van der Waals surface area contributed by atoms with Gasteiger partial charge in [-0.3, -0.25) is 0 Å². The van der Waals surface area contributed by atoms with E-state index < -0.39 is 0 Å². The number of hydrogen-bond donors (Lipinski definition) is 1. The summed E-state index contributed by atoms with van der Waals surface area (Å²) in [4.78, 5) is 4.28. The average molecular weight is 275 g/mol. The van der Waals surface area contributed by atoms with Crippen LogP contribution in [0.3, 0.4) is 0 Å². The molecular formula is C15H21N3O2. The number of rotatable bonds is 7. The third-order valence-electron chi connectivity index (χ3n) is 2.85. The van der Waals surface area contributed by atoms with Gasteiger partial charge in [-0.15, -0.1) is 0 Å². The molecule has 1 aromatic heterocycles. The standard InChI is InChI=1S/C15H21N3O2/c1-3-6-15-17-14(18-20-15)10-19-13-8-5-4-7-12(13)9-11(2)16/h4-5,7-8,11H,3,6,9-10,16H2,1-2H3. The first-order valence-electron chi connectivity index (χ1n) is 6.96. The van der Waals surface area contributed by atoms with Gasteiger partial charge in [0.05, 0.1) is 0 Å². The van der Waals surface area contributed by atoms with Crippen molar-refractivity contribution in [2.24, 2.45) is 5.73 Å². The van der Waals surface area contributed by atoms with Gasteiger partial charge in [-0.25, -0.2) is 0 Å². The molecule has 0 amide bonds. The fraction of sp³-hybridized carbons (Fsp3) is 0.467. The third kappa shape index (κ3) is 4.06. The molecule has 2 rings (SSSR count). The fourth-order valence-electron chi connectivity index (χ4n) is 1.97. The van der Waals surface area contributed by atoms with Crippen molar-refractivity contribution in [2.45, 2.75) is 45.8 Å². The van der Waals surface area contributed by atoms with Crippen LogP contribution in [0.5, 0.6) is 5.75 Å². The Morgan fingerprint density at radius 1 is 1.35 bits per heavy atom. The van der Waals surface area contributed by atoms with Gasteiger partial charge < -0.3 is 15.0 Å². The predicted molar refractivity (Wildman–Crippen MR) is 76.4 cm³/mol. The second kappa shape index (κ2) is 7.05. The van der Waals surface area contributed by atoms with Crippen LogP contribution in [-0.4, -0.2) is 16.2 Å². The fourth-order valence-corrected chi connectivity index (χ4v) is 1.97. The van der Waals surface area contributed by atoms with E-state index in [1.807, 2.05) is 31.2 Å². The molecule has 0 saturated heterocycles. The smallest absolute Gasteiger partial charge is 0.226 e. The molecule has 0 radical (unpaired) electrons. The molecule has 108 valence electrons. The molecule has 5 nitrogen and oxygen atoms in total. The Kier molecular flexibility index (Phi) is 5.12. The molecule has 0 saturated carbocycles. The minimum Gasteiger partial charge on any atom is -0.485 e. The number of aryl methyl sites for hydroxylation is 1. The zero-order valence-corrected chi connectivity index (χ0v) is 12.0. The largest absolute Gasteiger partial charge is 0.485 e. The van der Waals surface area contributed by atoms with Gasteiger partial charge >= 0.3 is 0 Å². The number of ether oxygens (including phenoxy) is 1. The maximum absolute atomic E-state index is 5.84. The van der Waals surface area contributed by atoms with Crippen LogP contribution >= 0.6 is 0 Å². The molecule has 2 N–H and O–H groups in total. The van der Waals surface area contributed by atoms with Gasteiger partial charge in [0.2, 0.25) is 11.7 Å². The average Bonchev–Trinajstić information content (AvgIpc) is 2.85. The maximum Gasteiger partial charge on any atom is 0.226 e. The number of para-hydroxylation sites is 1. The lowest BCUT2D eigenvalue weighted by Crippen LogP contribution is -2.18. The van der Waals surface area contributed by atoms with Gasteiger partial charge in [-0.2, -0.15) is 4.98 Å². The molecule has 1 heterocycles.